The van der Waals surface area contributed by atoms with Gasteiger partial charge in [0.1, 0.15) is 27.6 Å². The molecule has 3 aromatic rings. The van der Waals surface area contributed by atoms with Crippen LogP contribution in [0, 0.1) is 0 Å². The number of hydrogen-bond donors (Lipinski definition) is 1. The normalized spacial score (nSPS) is 13.9. The summed E-state index contributed by atoms with van der Waals surface area (Å²) >= 11 is 1.72. The molecule has 0 saturated heterocycles. The number of aromatic nitrogens is 2. The molecule has 28 heavy (non-hydrogen) atoms. The monoisotopic (exact) mass is 418 g/mol. The van der Waals surface area contributed by atoms with Crippen LogP contribution in [-0.2, 0) is 22.9 Å². The Hall–Kier alpha value is -2.23. The van der Waals surface area contributed by atoms with E-state index in [1.165, 1.54) is 28.8 Å². The van der Waals surface area contributed by atoms with E-state index >= 15 is 0 Å². The highest BCUT2D eigenvalue weighted by molar-refractivity contribution is 7.89. The fourth-order valence-electron chi connectivity index (χ4n) is 3.42. The third-order valence-corrected chi connectivity index (χ3v) is 7.80. The van der Waals surface area contributed by atoms with Crippen molar-refractivity contribution >= 4 is 43.1 Å². The minimum atomic E-state index is -3.65. The van der Waals surface area contributed by atoms with Crippen molar-refractivity contribution in [3.05, 3.63) is 35.0 Å². The number of nitrogens with one attached hydrogen (secondary N) is 1. The van der Waals surface area contributed by atoms with Crippen molar-refractivity contribution in [1.82, 2.24) is 14.3 Å². The fourth-order valence-corrected chi connectivity index (χ4v) is 5.70. The molecule has 0 unspecified atom stereocenters. The number of fused-ring (bicyclic) bond motifs is 3. The second-order valence-electron chi connectivity index (χ2n) is 6.77. The number of thiophene rings is 1. The van der Waals surface area contributed by atoms with Crippen LogP contribution in [0.5, 0.6) is 5.75 Å². The number of sulfonamides is 1. The van der Waals surface area contributed by atoms with Crippen molar-refractivity contribution in [2.45, 2.75) is 31.1 Å². The second-order valence-corrected chi connectivity index (χ2v) is 9.97. The molecule has 1 N–H and O–H groups in total. The summed E-state index contributed by atoms with van der Waals surface area (Å²) in [6.45, 7) is 2.21. The van der Waals surface area contributed by atoms with Gasteiger partial charge in [0.05, 0.1) is 12.0 Å². The van der Waals surface area contributed by atoms with Crippen LogP contribution < -0.4 is 10.1 Å². The van der Waals surface area contributed by atoms with Gasteiger partial charge in [0, 0.05) is 24.7 Å². The van der Waals surface area contributed by atoms with Crippen LogP contribution in [0.2, 0.25) is 0 Å². The lowest BCUT2D eigenvalue weighted by Crippen LogP contribution is -2.23. The first-order valence-electron chi connectivity index (χ1n) is 9.13. The van der Waals surface area contributed by atoms with Crippen LogP contribution in [-0.4, -0.2) is 43.4 Å². The minimum Gasteiger partial charge on any atom is -0.492 e. The van der Waals surface area contributed by atoms with E-state index < -0.39 is 10.0 Å². The summed E-state index contributed by atoms with van der Waals surface area (Å²) in [5.41, 5.74) is 1.96. The van der Waals surface area contributed by atoms with E-state index in [1.54, 1.807) is 35.9 Å². The number of nitrogens with zero attached hydrogens (tertiary/aromatic N) is 3. The van der Waals surface area contributed by atoms with E-state index in [1.807, 2.05) is 6.92 Å². The van der Waals surface area contributed by atoms with Crippen molar-refractivity contribution in [2.24, 2.45) is 0 Å². The van der Waals surface area contributed by atoms with Gasteiger partial charge in [-0.25, -0.2) is 22.7 Å². The van der Waals surface area contributed by atoms with Crippen LogP contribution in [0.4, 0.5) is 11.5 Å². The SMILES string of the molecule is CCOc1ccc(Nc2ncnc3sc4c(c23)CCC4)cc1S(=O)(=O)N(C)C. The molecule has 2 aromatic heterocycles. The second kappa shape index (κ2) is 7.31. The molecule has 2 heterocycles. The van der Waals surface area contributed by atoms with Crippen molar-refractivity contribution in [1.29, 1.82) is 0 Å². The zero-order valence-electron chi connectivity index (χ0n) is 16.0. The molecular weight excluding hydrogens is 396 g/mol. The summed E-state index contributed by atoms with van der Waals surface area (Å²) in [7, 11) is -0.633. The number of ether oxygens (including phenoxy) is 1. The van der Waals surface area contributed by atoms with Crippen LogP contribution in [0.15, 0.2) is 29.4 Å². The molecule has 1 aliphatic carbocycles. The van der Waals surface area contributed by atoms with Gasteiger partial charge in [-0.1, -0.05) is 0 Å². The molecule has 4 rings (SSSR count). The van der Waals surface area contributed by atoms with Gasteiger partial charge in [-0.05, 0) is 49.9 Å². The zero-order valence-corrected chi connectivity index (χ0v) is 17.7. The van der Waals surface area contributed by atoms with Crippen molar-refractivity contribution in [3.63, 3.8) is 0 Å². The summed E-state index contributed by atoms with van der Waals surface area (Å²) in [6.07, 6.45) is 4.81. The first-order valence-corrected chi connectivity index (χ1v) is 11.4. The molecule has 0 atom stereocenters. The van der Waals surface area contributed by atoms with Crippen molar-refractivity contribution < 1.29 is 13.2 Å². The van der Waals surface area contributed by atoms with E-state index in [9.17, 15) is 8.42 Å². The molecule has 0 radical (unpaired) electrons. The Kier molecular flexibility index (Phi) is 4.98. The van der Waals surface area contributed by atoms with E-state index in [-0.39, 0.29) is 4.90 Å². The average Bonchev–Trinajstić information content (AvgIpc) is 3.24. The highest BCUT2D eigenvalue weighted by atomic mass is 32.2. The predicted molar refractivity (Wildman–Crippen MR) is 111 cm³/mol. The summed E-state index contributed by atoms with van der Waals surface area (Å²) in [4.78, 5) is 11.3. The molecule has 0 aliphatic heterocycles. The van der Waals surface area contributed by atoms with Crippen LogP contribution in [0.3, 0.4) is 0 Å². The standard InChI is InChI=1S/C19H22N4O3S2/c1-4-26-14-9-8-12(10-16(14)28(24,25)23(2)3)22-18-17-13-6-5-7-15(13)27-19(17)21-11-20-18/h8-11H,4-7H2,1-3H3,(H,20,21,22). The molecule has 0 amide bonds. The number of rotatable bonds is 6. The summed E-state index contributed by atoms with van der Waals surface area (Å²) in [5.74, 6) is 1.05. The van der Waals surface area contributed by atoms with Gasteiger partial charge >= 0.3 is 0 Å². The largest absolute Gasteiger partial charge is 0.492 e. The maximum absolute atomic E-state index is 12.8. The van der Waals surface area contributed by atoms with Gasteiger partial charge in [-0.15, -0.1) is 11.3 Å². The van der Waals surface area contributed by atoms with Gasteiger partial charge < -0.3 is 10.1 Å². The molecule has 7 nitrogen and oxygen atoms in total. The van der Waals surface area contributed by atoms with Crippen molar-refractivity contribution in [2.75, 3.05) is 26.0 Å². The molecule has 0 bridgehead atoms. The summed E-state index contributed by atoms with van der Waals surface area (Å²) < 4.78 is 32.2. The quantitative estimate of drug-likeness (QED) is 0.659. The zero-order chi connectivity index (χ0) is 19.9. The van der Waals surface area contributed by atoms with Crippen LogP contribution in [0.1, 0.15) is 23.8 Å². The molecule has 0 fully saturated rings. The topological polar surface area (TPSA) is 84.4 Å². The summed E-state index contributed by atoms with van der Waals surface area (Å²) in [6, 6.07) is 5.08. The first-order chi connectivity index (χ1) is 13.4. The lowest BCUT2D eigenvalue weighted by atomic mass is 10.2. The van der Waals surface area contributed by atoms with Gasteiger partial charge in [0.15, 0.2) is 0 Å². The first kappa shape index (κ1) is 19.1. The third-order valence-electron chi connectivity index (χ3n) is 4.77. The Morgan fingerprint density at radius 2 is 2.07 bits per heavy atom. The number of anilines is 2. The van der Waals surface area contributed by atoms with Gasteiger partial charge in [0.2, 0.25) is 10.0 Å². The fraction of sp³-hybridized carbons (Fsp3) is 0.368. The maximum atomic E-state index is 12.8. The van der Waals surface area contributed by atoms with Crippen LogP contribution >= 0.6 is 11.3 Å². The molecule has 1 aliphatic rings. The van der Waals surface area contributed by atoms with Crippen molar-refractivity contribution in [3.8, 4) is 5.75 Å². The smallest absolute Gasteiger partial charge is 0.246 e. The molecule has 0 saturated carbocycles. The Balaban J connectivity index is 1.78. The molecule has 148 valence electrons. The van der Waals surface area contributed by atoms with Gasteiger partial charge in [-0.3, -0.25) is 0 Å². The number of hydrogen-bond acceptors (Lipinski definition) is 7. The maximum Gasteiger partial charge on any atom is 0.246 e. The molecular formula is C19H22N4O3S2. The average molecular weight is 419 g/mol. The highest BCUT2D eigenvalue weighted by Gasteiger charge is 2.24. The number of benzene rings is 1. The van der Waals surface area contributed by atoms with E-state index in [0.29, 0.717) is 23.9 Å². The molecule has 1 aromatic carbocycles. The lowest BCUT2D eigenvalue weighted by molar-refractivity contribution is 0.330. The van der Waals surface area contributed by atoms with Gasteiger partial charge in [-0.2, -0.15) is 0 Å². The van der Waals surface area contributed by atoms with Crippen LogP contribution in [0.25, 0.3) is 10.2 Å². The van der Waals surface area contributed by atoms with E-state index in [4.69, 9.17) is 4.74 Å². The minimum absolute atomic E-state index is 0.130. The Morgan fingerprint density at radius 3 is 2.82 bits per heavy atom. The summed E-state index contributed by atoms with van der Waals surface area (Å²) in [5, 5.41) is 4.35. The third kappa shape index (κ3) is 3.23. The predicted octanol–water partition coefficient (Wildman–Crippen LogP) is 3.57. The number of aryl methyl sites for hydroxylation is 2. The molecule has 9 heteroatoms. The molecule has 0 spiro atoms. The van der Waals surface area contributed by atoms with E-state index in [0.717, 1.165) is 29.5 Å². The Labute approximate surface area is 168 Å². The Morgan fingerprint density at radius 1 is 1.25 bits per heavy atom. The van der Waals surface area contributed by atoms with E-state index in [2.05, 4.69) is 15.3 Å². The van der Waals surface area contributed by atoms with Gasteiger partial charge in [0.25, 0.3) is 0 Å². The highest BCUT2D eigenvalue weighted by Crippen LogP contribution is 2.40. The Bertz CT molecular complexity index is 1140. The lowest BCUT2D eigenvalue weighted by Gasteiger charge is -2.17.